The van der Waals surface area contributed by atoms with Crippen molar-refractivity contribution in [2.24, 2.45) is 0 Å². The molecule has 0 aliphatic rings. The van der Waals surface area contributed by atoms with Gasteiger partial charge in [-0.15, -0.1) is 0 Å². The highest BCUT2D eigenvalue weighted by atomic mass is 79.9. The predicted molar refractivity (Wildman–Crippen MR) is 104 cm³/mol. The van der Waals surface area contributed by atoms with Crippen molar-refractivity contribution in [2.45, 2.75) is 12.8 Å². The largest absolute Gasteiger partial charge is 0.493 e. The third kappa shape index (κ3) is 3.53. The van der Waals surface area contributed by atoms with Gasteiger partial charge in [-0.3, -0.25) is 10.1 Å². The minimum absolute atomic E-state index is 0.224. The number of benzene rings is 2. The van der Waals surface area contributed by atoms with E-state index in [1.807, 2.05) is 43.5 Å². The van der Waals surface area contributed by atoms with Gasteiger partial charge >= 0.3 is 0 Å². The number of nitrogens with one attached hydrogen (secondary N) is 1. The average Bonchev–Trinajstić information content (AvgIpc) is 3.05. The molecule has 0 saturated heterocycles. The molecule has 3 rings (SSSR count). The number of rotatable bonds is 7. The second kappa shape index (κ2) is 7.78. The summed E-state index contributed by atoms with van der Waals surface area (Å²) in [4.78, 5) is 14.3. The van der Waals surface area contributed by atoms with Crippen LogP contribution in [0.3, 0.4) is 0 Å². The summed E-state index contributed by atoms with van der Waals surface area (Å²) in [6.45, 7) is 2.14. The van der Waals surface area contributed by atoms with Crippen LogP contribution in [0.25, 0.3) is 10.9 Å². The van der Waals surface area contributed by atoms with Gasteiger partial charge in [-0.25, -0.2) is 0 Å². The number of aromatic amines is 1. The minimum Gasteiger partial charge on any atom is -0.493 e. The molecule has 26 heavy (non-hydrogen) atoms. The zero-order valence-electron chi connectivity index (χ0n) is 14.5. The average molecular weight is 419 g/mol. The summed E-state index contributed by atoms with van der Waals surface area (Å²) in [7, 11) is 1.57. The van der Waals surface area contributed by atoms with Gasteiger partial charge in [0.1, 0.15) is 0 Å². The maximum atomic E-state index is 11.4. The van der Waals surface area contributed by atoms with Gasteiger partial charge in [-0.05, 0) is 36.2 Å². The molecule has 0 saturated carbocycles. The van der Waals surface area contributed by atoms with E-state index in [4.69, 9.17) is 9.47 Å². The van der Waals surface area contributed by atoms with E-state index in [-0.39, 0.29) is 11.5 Å². The molecule has 6 nitrogen and oxygen atoms in total. The van der Waals surface area contributed by atoms with Crippen LogP contribution in [0.2, 0.25) is 0 Å². The lowest BCUT2D eigenvalue weighted by Gasteiger charge is -2.18. The molecule has 0 aliphatic carbocycles. The zero-order valence-corrected chi connectivity index (χ0v) is 16.1. The van der Waals surface area contributed by atoms with E-state index in [1.54, 1.807) is 13.2 Å². The highest BCUT2D eigenvalue weighted by Crippen LogP contribution is 2.40. The van der Waals surface area contributed by atoms with Crippen molar-refractivity contribution in [3.8, 4) is 11.5 Å². The van der Waals surface area contributed by atoms with E-state index >= 15 is 0 Å². The predicted octanol–water partition coefficient (Wildman–Crippen LogP) is 4.75. The lowest BCUT2D eigenvalue weighted by atomic mass is 9.90. The van der Waals surface area contributed by atoms with Crippen LogP contribution in [0.5, 0.6) is 11.5 Å². The van der Waals surface area contributed by atoms with Gasteiger partial charge in [0.05, 0.1) is 19.6 Å². The van der Waals surface area contributed by atoms with Crippen molar-refractivity contribution in [1.82, 2.24) is 4.98 Å². The van der Waals surface area contributed by atoms with Crippen molar-refractivity contribution in [1.29, 1.82) is 0 Å². The maximum Gasteiger partial charge on any atom is 0.214 e. The lowest BCUT2D eigenvalue weighted by Crippen LogP contribution is -2.14. The molecule has 136 valence electrons. The fraction of sp³-hybridized carbons (Fsp3) is 0.263. The standard InChI is InChI=1S/C19H19BrN2O4/c1-3-26-19-8-13(16(20)9-18(19)25-2)15(11-22(23)24)14-10-21-17-7-5-4-6-12(14)17/h4-10,15,21H,3,11H2,1-2H3/t15-/m1/s1. The molecule has 2 aromatic carbocycles. The van der Waals surface area contributed by atoms with Gasteiger partial charge in [0.25, 0.3) is 0 Å². The Kier molecular flexibility index (Phi) is 5.46. The van der Waals surface area contributed by atoms with Gasteiger partial charge in [0, 0.05) is 26.5 Å². The molecule has 1 atom stereocenters. The number of methoxy groups -OCH3 is 1. The number of ether oxygens (including phenoxy) is 2. The van der Waals surface area contributed by atoms with E-state index in [9.17, 15) is 10.1 Å². The zero-order chi connectivity index (χ0) is 18.7. The highest BCUT2D eigenvalue weighted by molar-refractivity contribution is 9.10. The summed E-state index contributed by atoms with van der Waals surface area (Å²) >= 11 is 3.55. The summed E-state index contributed by atoms with van der Waals surface area (Å²) in [5, 5.41) is 12.4. The molecule has 0 fully saturated rings. The topological polar surface area (TPSA) is 77.4 Å². The monoisotopic (exact) mass is 418 g/mol. The van der Waals surface area contributed by atoms with Gasteiger partial charge in [0.2, 0.25) is 6.54 Å². The molecule has 7 heteroatoms. The summed E-state index contributed by atoms with van der Waals surface area (Å²) in [6, 6.07) is 11.4. The van der Waals surface area contributed by atoms with Gasteiger partial charge < -0.3 is 14.5 Å². The number of hydrogen-bond acceptors (Lipinski definition) is 4. The Bertz CT molecular complexity index is 938. The number of nitro groups is 1. The summed E-state index contributed by atoms with van der Waals surface area (Å²) in [5.41, 5.74) is 2.62. The van der Waals surface area contributed by atoms with Crippen molar-refractivity contribution in [3.05, 3.63) is 68.3 Å². The molecule has 1 heterocycles. The number of para-hydroxylation sites is 1. The van der Waals surface area contributed by atoms with Crippen molar-refractivity contribution < 1.29 is 14.4 Å². The van der Waals surface area contributed by atoms with Gasteiger partial charge in [0.15, 0.2) is 11.5 Å². The SMILES string of the molecule is CCOc1cc([C@@H](C[N+](=O)[O-])c2c[nH]c3ccccc23)c(Br)cc1OC. The quantitative estimate of drug-likeness (QED) is 0.443. The number of nitrogens with zero attached hydrogens (tertiary/aromatic N) is 1. The Morgan fingerprint density at radius 1 is 1.23 bits per heavy atom. The highest BCUT2D eigenvalue weighted by Gasteiger charge is 2.27. The Hall–Kier alpha value is -2.54. The summed E-state index contributed by atoms with van der Waals surface area (Å²) in [5.74, 6) is 0.725. The van der Waals surface area contributed by atoms with Crippen LogP contribution < -0.4 is 9.47 Å². The first kappa shape index (κ1) is 18.3. The van der Waals surface area contributed by atoms with Crippen LogP contribution in [0.4, 0.5) is 0 Å². The Labute approximate surface area is 159 Å². The third-order valence-corrected chi connectivity index (χ3v) is 4.97. The second-order valence-electron chi connectivity index (χ2n) is 5.82. The van der Waals surface area contributed by atoms with E-state index in [1.165, 1.54) is 0 Å². The fourth-order valence-electron chi connectivity index (χ4n) is 3.14. The molecule has 0 spiro atoms. The third-order valence-electron chi connectivity index (χ3n) is 4.29. The lowest BCUT2D eigenvalue weighted by molar-refractivity contribution is -0.481. The molecule has 0 radical (unpaired) electrons. The van der Waals surface area contributed by atoms with Crippen LogP contribution in [0.1, 0.15) is 24.0 Å². The Morgan fingerprint density at radius 3 is 2.69 bits per heavy atom. The normalized spacial score (nSPS) is 12.1. The van der Waals surface area contributed by atoms with Gasteiger partial charge in [-0.2, -0.15) is 0 Å². The molecule has 1 N–H and O–H groups in total. The number of H-pyrrole nitrogens is 1. The molecule has 0 aliphatic heterocycles. The molecule has 0 amide bonds. The molecule has 1 aromatic heterocycles. The number of fused-ring (bicyclic) bond motifs is 1. The number of hydrogen-bond donors (Lipinski definition) is 1. The number of aromatic nitrogens is 1. The summed E-state index contributed by atoms with van der Waals surface area (Å²) < 4.78 is 11.8. The van der Waals surface area contributed by atoms with Gasteiger partial charge in [-0.1, -0.05) is 34.1 Å². The molecular weight excluding hydrogens is 400 g/mol. The first-order valence-corrected chi connectivity index (χ1v) is 9.02. The molecular formula is C19H19BrN2O4. The first-order valence-electron chi connectivity index (χ1n) is 8.23. The van der Waals surface area contributed by atoms with Crippen LogP contribution >= 0.6 is 15.9 Å². The Morgan fingerprint density at radius 2 is 2.00 bits per heavy atom. The fourth-order valence-corrected chi connectivity index (χ4v) is 3.74. The van der Waals surface area contributed by atoms with Crippen LogP contribution in [-0.2, 0) is 0 Å². The van der Waals surface area contributed by atoms with Crippen LogP contribution in [-0.4, -0.2) is 30.2 Å². The Balaban J connectivity index is 2.17. The summed E-state index contributed by atoms with van der Waals surface area (Å²) in [6.07, 6.45) is 1.84. The van der Waals surface area contributed by atoms with Crippen LogP contribution in [0.15, 0.2) is 47.1 Å². The van der Waals surface area contributed by atoms with Crippen LogP contribution in [0, 0.1) is 10.1 Å². The van der Waals surface area contributed by atoms with Crippen molar-refractivity contribution in [2.75, 3.05) is 20.3 Å². The maximum absolute atomic E-state index is 11.4. The van der Waals surface area contributed by atoms with E-state index in [0.29, 0.717) is 18.1 Å². The van der Waals surface area contributed by atoms with Crippen molar-refractivity contribution in [3.63, 3.8) is 0 Å². The molecule has 0 unspecified atom stereocenters. The molecule has 3 aromatic rings. The smallest absolute Gasteiger partial charge is 0.214 e. The van der Waals surface area contributed by atoms with Crippen molar-refractivity contribution >= 4 is 26.8 Å². The first-order chi connectivity index (χ1) is 12.5. The second-order valence-corrected chi connectivity index (χ2v) is 6.67. The van der Waals surface area contributed by atoms with E-state index in [0.717, 1.165) is 26.5 Å². The number of halogens is 1. The van der Waals surface area contributed by atoms with E-state index < -0.39 is 5.92 Å². The van der Waals surface area contributed by atoms with E-state index in [2.05, 4.69) is 20.9 Å². The molecule has 0 bridgehead atoms. The minimum atomic E-state index is -0.430.